The second kappa shape index (κ2) is 5.35. The average molecular weight is 308 g/mol. The first-order valence-electron chi connectivity index (χ1n) is 8.03. The van der Waals surface area contributed by atoms with Gasteiger partial charge in [-0.1, -0.05) is 12.1 Å². The molecule has 118 valence electrons. The minimum atomic E-state index is 0.231. The van der Waals surface area contributed by atoms with Crippen molar-refractivity contribution < 1.29 is 5.11 Å². The first-order valence-corrected chi connectivity index (χ1v) is 8.03. The number of phenolic OH excluding ortho intramolecular Hbond substituents is 1. The number of phenols is 1. The fourth-order valence-corrected chi connectivity index (χ4v) is 3.29. The molecule has 0 amide bonds. The predicted molar refractivity (Wildman–Crippen MR) is 90.2 cm³/mol. The minimum Gasteiger partial charge on any atom is -0.507 e. The van der Waals surface area contributed by atoms with Crippen LogP contribution in [0.2, 0.25) is 0 Å². The topological polar surface area (TPSA) is 65.0 Å². The zero-order valence-corrected chi connectivity index (χ0v) is 13.4. The lowest BCUT2D eigenvalue weighted by Gasteiger charge is -2.30. The van der Waals surface area contributed by atoms with E-state index >= 15 is 0 Å². The third kappa shape index (κ3) is 2.37. The molecule has 0 atom stereocenters. The Labute approximate surface area is 135 Å². The van der Waals surface area contributed by atoms with E-state index in [9.17, 15) is 5.11 Å². The van der Waals surface area contributed by atoms with Gasteiger partial charge in [0.1, 0.15) is 5.75 Å². The van der Waals surface area contributed by atoms with Crippen LogP contribution in [0.1, 0.15) is 25.1 Å². The van der Waals surface area contributed by atoms with Crippen LogP contribution in [0.5, 0.6) is 5.75 Å². The molecule has 0 radical (unpaired) electrons. The lowest BCUT2D eigenvalue weighted by Crippen LogP contribution is -2.35. The molecule has 23 heavy (non-hydrogen) atoms. The zero-order chi connectivity index (χ0) is 16.0. The van der Waals surface area contributed by atoms with Gasteiger partial charge in [-0.15, -0.1) is 10.2 Å². The molecule has 1 aromatic carbocycles. The van der Waals surface area contributed by atoms with Gasteiger partial charge in [-0.2, -0.15) is 0 Å². The quantitative estimate of drug-likeness (QED) is 0.763. The summed E-state index contributed by atoms with van der Waals surface area (Å²) in [5.74, 6) is 0.231. The van der Waals surface area contributed by atoms with Gasteiger partial charge in [0.15, 0.2) is 5.65 Å². The second-order valence-corrected chi connectivity index (χ2v) is 6.41. The van der Waals surface area contributed by atoms with Gasteiger partial charge in [0, 0.05) is 42.2 Å². The van der Waals surface area contributed by atoms with E-state index in [1.54, 1.807) is 6.07 Å². The van der Waals surface area contributed by atoms with E-state index in [0.717, 1.165) is 30.5 Å². The van der Waals surface area contributed by atoms with Gasteiger partial charge in [-0.05, 0) is 37.6 Å². The van der Waals surface area contributed by atoms with Gasteiger partial charge in [0.25, 0.3) is 0 Å². The Kier molecular flexibility index (Phi) is 3.31. The Hall–Kier alpha value is -2.40. The number of nitrogens with one attached hydrogen (secondary N) is 1. The minimum absolute atomic E-state index is 0.231. The van der Waals surface area contributed by atoms with Gasteiger partial charge < -0.3 is 10.1 Å². The van der Waals surface area contributed by atoms with E-state index in [4.69, 9.17) is 0 Å². The van der Waals surface area contributed by atoms with Crippen molar-refractivity contribution in [1.29, 1.82) is 0 Å². The maximum absolute atomic E-state index is 10.1. The number of aromatic nitrogens is 3. The molecule has 0 fully saturated rings. The standard InChI is InChI=1S/C18H20N4O/c1-11(2)22-8-7-15-14(10-22)13-9-16(20-21-18(13)19-15)12-5-3-4-6-17(12)23/h3-6,9,11,23H,7-8,10H2,1-2H3,(H,19,21). The molecule has 4 rings (SSSR count). The predicted octanol–water partition coefficient (Wildman–Crippen LogP) is 3.10. The Morgan fingerprint density at radius 3 is 2.83 bits per heavy atom. The Balaban J connectivity index is 1.83. The van der Waals surface area contributed by atoms with Crippen molar-refractivity contribution in [2.24, 2.45) is 0 Å². The number of aromatic hydroxyl groups is 1. The molecule has 0 saturated heterocycles. The van der Waals surface area contributed by atoms with E-state index in [-0.39, 0.29) is 5.75 Å². The molecule has 3 aromatic rings. The van der Waals surface area contributed by atoms with Crippen molar-refractivity contribution in [1.82, 2.24) is 20.1 Å². The number of rotatable bonds is 2. The monoisotopic (exact) mass is 308 g/mol. The molecule has 0 bridgehead atoms. The van der Waals surface area contributed by atoms with Gasteiger partial charge in [-0.3, -0.25) is 4.90 Å². The highest BCUT2D eigenvalue weighted by molar-refractivity contribution is 5.85. The summed E-state index contributed by atoms with van der Waals surface area (Å²) < 4.78 is 0. The van der Waals surface area contributed by atoms with Gasteiger partial charge in [0.2, 0.25) is 0 Å². The van der Waals surface area contributed by atoms with Crippen LogP contribution in [0.15, 0.2) is 30.3 Å². The highest BCUT2D eigenvalue weighted by atomic mass is 16.3. The fourth-order valence-electron chi connectivity index (χ4n) is 3.29. The molecular weight excluding hydrogens is 288 g/mol. The van der Waals surface area contributed by atoms with Crippen LogP contribution in [0, 0.1) is 0 Å². The van der Waals surface area contributed by atoms with Crippen LogP contribution in [0.25, 0.3) is 22.3 Å². The van der Waals surface area contributed by atoms with Crippen molar-refractivity contribution in [2.75, 3.05) is 6.54 Å². The number of aromatic amines is 1. The number of hydrogen-bond acceptors (Lipinski definition) is 4. The lowest BCUT2D eigenvalue weighted by molar-refractivity contribution is 0.203. The molecule has 2 aromatic heterocycles. The van der Waals surface area contributed by atoms with Crippen molar-refractivity contribution in [3.63, 3.8) is 0 Å². The SMILES string of the molecule is CC(C)N1CCc2[nH]c3nnc(-c4ccccc4O)cc3c2C1. The van der Waals surface area contributed by atoms with E-state index in [0.29, 0.717) is 17.3 Å². The molecule has 3 heterocycles. The normalized spacial score (nSPS) is 15.3. The molecule has 0 unspecified atom stereocenters. The third-order valence-corrected chi connectivity index (χ3v) is 4.67. The summed E-state index contributed by atoms with van der Waals surface area (Å²) in [6.45, 7) is 6.45. The molecule has 2 N–H and O–H groups in total. The molecule has 0 spiro atoms. The summed E-state index contributed by atoms with van der Waals surface area (Å²) in [5.41, 5.74) is 4.83. The lowest BCUT2D eigenvalue weighted by atomic mass is 10.0. The molecule has 0 saturated carbocycles. The summed E-state index contributed by atoms with van der Waals surface area (Å²) in [7, 11) is 0. The maximum atomic E-state index is 10.1. The smallest absolute Gasteiger partial charge is 0.160 e. The van der Waals surface area contributed by atoms with Crippen molar-refractivity contribution in [2.45, 2.75) is 32.9 Å². The van der Waals surface area contributed by atoms with Gasteiger partial charge >= 0.3 is 0 Å². The Morgan fingerprint density at radius 1 is 1.22 bits per heavy atom. The van der Waals surface area contributed by atoms with Crippen molar-refractivity contribution in [3.05, 3.63) is 41.6 Å². The van der Waals surface area contributed by atoms with E-state index in [1.165, 1.54) is 11.3 Å². The molecule has 0 aliphatic carbocycles. The van der Waals surface area contributed by atoms with Crippen LogP contribution in [0.3, 0.4) is 0 Å². The van der Waals surface area contributed by atoms with Crippen molar-refractivity contribution >= 4 is 11.0 Å². The number of benzene rings is 1. The molecular formula is C18H20N4O. The summed E-state index contributed by atoms with van der Waals surface area (Å²) in [6, 6.07) is 9.81. The molecule has 1 aliphatic rings. The van der Waals surface area contributed by atoms with Crippen molar-refractivity contribution in [3.8, 4) is 17.0 Å². The number of hydrogen-bond donors (Lipinski definition) is 2. The highest BCUT2D eigenvalue weighted by Gasteiger charge is 2.23. The van der Waals surface area contributed by atoms with Crippen LogP contribution >= 0.6 is 0 Å². The number of para-hydroxylation sites is 1. The van der Waals surface area contributed by atoms with E-state index in [2.05, 4.69) is 33.9 Å². The average Bonchev–Trinajstić information content (AvgIpc) is 2.92. The summed E-state index contributed by atoms with van der Waals surface area (Å²) in [5, 5.41) is 19.8. The van der Waals surface area contributed by atoms with E-state index in [1.807, 2.05) is 24.3 Å². The van der Waals surface area contributed by atoms with Gasteiger partial charge in [-0.25, -0.2) is 0 Å². The zero-order valence-electron chi connectivity index (χ0n) is 13.4. The first kappa shape index (κ1) is 14.2. The number of H-pyrrole nitrogens is 1. The molecule has 5 heteroatoms. The third-order valence-electron chi connectivity index (χ3n) is 4.67. The maximum Gasteiger partial charge on any atom is 0.160 e. The summed E-state index contributed by atoms with van der Waals surface area (Å²) in [6.07, 6.45) is 1.01. The largest absolute Gasteiger partial charge is 0.507 e. The summed E-state index contributed by atoms with van der Waals surface area (Å²) in [4.78, 5) is 5.87. The van der Waals surface area contributed by atoms with Crippen LogP contribution < -0.4 is 0 Å². The number of fused-ring (bicyclic) bond motifs is 3. The fraction of sp³-hybridized carbons (Fsp3) is 0.333. The Morgan fingerprint density at radius 2 is 2.04 bits per heavy atom. The molecule has 5 nitrogen and oxygen atoms in total. The highest BCUT2D eigenvalue weighted by Crippen LogP contribution is 2.32. The van der Waals surface area contributed by atoms with Crippen LogP contribution in [-0.4, -0.2) is 37.8 Å². The summed E-state index contributed by atoms with van der Waals surface area (Å²) >= 11 is 0. The first-order chi connectivity index (χ1) is 11.1. The Bertz CT molecular complexity index is 869. The number of nitrogens with zero attached hydrogens (tertiary/aromatic N) is 3. The van der Waals surface area contributed by atoms with Crippen LogP contribution in [0.4, 0.5) is 0 Å². The van der Waals surface area contributed by atoms with E-state index < -0.39 is 0 Å². The van der Waals surface area contributed by atoms with Crippen LogP contribution in [-0.2, 0) is 13.0 Å². The molecule has 1 aliphatic heterocycles. The van der Waals surface area contributed by atoms with Gasteiger partial charge in [0.05, 0.1) is 5.69 Å². The second-order valence-electron chi connectivity index (χ2n) is 6.41.